The number of nitriles is 1. The van der Waals surface area contributed by atoms with E-state index in [2.05, 4.69) is 15.3 Å². The van der Waals surface area contributed by atoms with Crippen LogP contribution in [0.25, 0.3) is 10.6 Å². The fourth-order valence-electron chi connectivity index (χ4n) is 2.09. The third kappa shape index (κ3) is 2.75. The Morgan fingerprint density at radius 3 is 2.86 bits per heavy atom. The third-order valence-electron chi connectivity index (χ3n) is 3.07. The van der Waals surface area contributed by atoms with Gasteiger partial charge in [-0.3, -0.25) is 9.78 Å². The van der Waals surface area contributed by atoms with Gasteiger partial charge in [0.15, 0.2) is 0 Å². The highest BCUT2D eigenvalue weighted by Crippen LogP contribution is 2.25. The molecule has 0 aliphatic heterocycles. The van der Waals surface area contributed by atoms with Crippen LogP contribution in [0.5, 0.6) is 0 Å². The van der Waals surface area contributed by atoms with E-state index in [4.69, 9.17) is 0 Å². The summed E-state index contributed by atoms with van der Waals surface area (Å²) in [6, 6.07) is 13.4. The summed E-state index contributed by atoms with van der Waals surface area (Å²) >= 11 is 1.44. The fourth-order valence-corrected chi connectivity index (χ4v) is 2.81. The average Bonchev–Trinajstić information content (AvgIpc) is 3.00. The first-order valence-electron chi connectivity index (χ1n) is 6.59. The molecule has 6 heteroatoms. The number of thiophene rings is 1. The van der Waals surface area contributed by atoms with Crippen LogP contribution in [-0.4, -0.2) is 9.97 Å². The van der Waals surface area contributed by atoms with Gasteiger partial charge in [-0.2, -0.15) is 5.26 Å². The number of nitrogens with one attached hydrogen (secondary N) is 2. The summed E-state index contributed by atoms with van der Waals surface area (Å²) in [6.45, 7) is 1.98. The Kier molecular flexibility index (Phi) is 3.73. The van der Waals surface area contributed by atoms with Crippen molar-refractivity contribution < 1.29 is 0 Å². The van der Waals surface area contributed by atoms with Crippen molar-refractivity contribution in [3.8, 4) is 16.6 Å². The van der Waals surface area contributed by atoms with Crippen molar-refractivity contribution in [2.75, 3.05) is 5.32 Å². The molecule has 2 aromatic heterocycles. The number of anilines is 2. The highest BCUT2D eigenvalue weighted by atomic mass is 32.1. The van der Waals surface area contributed by atoms with Gasteiger partial charge in [-0.15, -0.1) is 11.3 Å². The number of rotatable bonds is 3. The van der Waals surface area contributed by atoms with Crippen LogP contribution in [0.2, 0.25) is 0 Å². The van der Waals surface area contributed by atoms with Crippen molar-refractivity contribution in [3.63, 3.8) is 0 Å². The summed E-state index contributed by atoms with van der Waals surface area (Å²) < 4.78 is 0. The molecule has 0 amide bonds. The molecule has 108 valence electrons. The first-order chi connectivity index (χ1) is 10.7. The van der Waals surface area contributed by atoms with Gasteiger partial charge in [0.2, 0.25) is 5.95 Å². The second kappa shape index (κ2) is 5.84. The number of aromatic amines is 1. The van der Waals surface area contributed by atoms with Gasteiger partial charge in [0.25, 0.3) is 5.56 Å². The molecular weight excluding hydrogens is 296 g/mol. The predicted octanol–water partition coefficient (Wildman–Crippen LogP) is 3.42. The number of aromatic nitrogens is 2. The smallest absolute Gasteiger partial charge is 0.270 e. The van der Waals surface area contributed by atoms with Gasteiger partial charge in [-0.05, 0) is 36.1 Å². The van der Waals surface area contributed by atoms with E-state index < -0.39 is 5.56 Å². The largest absolute Gasteiger partial charge is 0.326 e. The van der Waals surface area contributed by atoms with Crippen LogP contribution in [0.1, 0.15) is 11.1 Å². The van der Waals surface area contributed by atoms with Crippen LogP contribution < -0.4 is 10.9 Å². The lowest BCUT2D eigenvalue weighted by molar-refractivity contribution is 1.11. The van der Waals surface area contributed by atoms with Crippen molar-refractivity contribution in [1.82, 2.24) is 9.97 Å². The fraction of sp³-hybridized carbons (Fsp3) is 0.0625. The Bertz CT molecular complexity index is 907. The Morgan fingerprint density at radius 2 is 2.18 bits per heavy atom. The molecule has 0 fully saturated rings. The molecule has 0 aliphatic rings. The van der Waals surface area contributed by atoms with Crippen molar-refractivity contribution >= 4 is 23.0 Å². The lowest BCUT2D eigenvalue weighted by Gasteiger charge is -2.08. The highest BCUT2D eigenvalue weighted by molar-refractivity contribution is 7.13. The molecule has 0 saturated heterocycles. The molecule has 0 radical (unpaired) electrons. The molecule has 1 aromatic carbocycles. The van der Waals surface area contributed by atoms with Crippen LogP contribution in [0.3, 0.4) is 0 Å². The summed E-state index contributed by atoms with van der Waals surface area (Å²) in [4.78, 5) is 19.9. The van der Waals surface area contributed by atoms with Crippen LogP contribution in [-0.2, 0) is 0 Å². The first-order valence-corrected chi connectivity index (χ1v) is 7.47. The average molecular weight is 308 g/mol. The summed E-state index contributed by atoms with van der Waals surface area (Å²) in [7, 11) is 0. The van der Waals surface area contributed by atoms with Gasteiger partial charge >= 0.3 is 0 Å². The predicted molar refractivity (Wildman–Crippen MR) is 87.3 cm³/mol. The molecule has 0 unspecified atom stereocenters. The lowest BCUT2D eigenvalue weighted by Crippen LogP contribution is -2.15. The maximum absolute atomic E-state index is 12.1. The molecule has 0 bridgehead atoms. The van der Waals surface area contributed by atoms with E-state index in [9.17, 15) is 10.1 Å². The summed E-state index contributed by atoms with van der Waals surface area (Å²) in [5.74, 6) is 0.318. The van der Waals surface area contributed by atoms with Crippen molar-refractivity contribution in [3.05, 3.63) is 63.3 Å². The second-order valence-corrected chi connectivity index (χ2v) is 5.67. The van der Waals surface area contributed by atoms with E-state index in [0.717, 1.165) is 16.1 Å². The molecule has 0 saturated carbocycles. The molecule has 3 aromatic rings. The SMILES string of the molecule is Cc1cccc(Nc2nc(-c3cccs3)c(C#N)c(=O)[nH]2)c1. The molecule has 2 heterocycles. The zero-order chi connectivity index (χ0) is 15.5. The third-order valence-corrected chi connectivity index (χ3v) is 3.94. The molecule has 3 rings (SSSR count). The molecule has 2 N–H and O–H groups in total. The van der Waals surface area contributed by atoms with E-state index in [1.165, 1.54) is 11.3 Å². The van der Waals surface area contributed by atoms with Crippen molar-refractivity contribution in [1.29, 1.82) is 5.26 Å². The van der Waals surface area contributed by atoms with Crippen LogP contribution in [0.4, 0.5) is 11.6 Å². The van der Waals surface area contributed by atoms with Crippen molar-refractivity contribution in [2.24, 2.45) is 0 Å². The molecule has 0 aliphatic carbocycles. The standard InChI is InChI=1S/C16H12N4OS/c1-10-4-2-5-11(8-10)18-16-19-14(13-6-3-7-22-13)12(9-17)15(21)20-16/h2-8H,1H3,(H2,18,19,20,21). The van der Waals surface area contributed by atoms with Gasteiger partial charge < -0.3 is 5.32 Å². The Hall–Kier alpha value is -2.91. The minimum atomic E-state index is -0.448. The van der Waals surface area contributed by atoms with E-state index in [1.807, 2.05) is 54.8 Å². The minimum Gasteiger partial charge on any atom is -0.326 e. The van der Waals surface area contributed by atoms with E-state index in [0.29, 0.717) is 11.6 Å². The van der Waals surface area contributed by atoms with Gasteiger partial charge in [-0.1, -0.05) is 18.2 Å². The minimum absolute atomic E-state index is 0.0252. The summed E-state index contributed by atoms with van der Waals surface area (Å²) in [6.07, 6.45) is 0. The topological polar surface area (TPSA) is 81.6 Å². The Balaban J connectivity index is 2.07. The molecular formula is C16H12N4OS. The number of hydrogen-bond acceptors (Lipinski definition) is 5. The summed E-state index contributed by atoms with van der Waals surface area (Å²) in [5.41, 5.74) is 1.90. The van der Waals surface area contributed by atoms with E-state index in [1.54, 1.807) is 0 Å². The van der Waals surface area contributed by atoms with Gasteiger partial charge in [0.1, 0.15) is 17.3 Å². The quantitative estimate of drug-likeness (QED) is 0.776. The molecule has 0 spiro atoms. The monoisotopic (exact) mass is 308 g/mol. The maximum atomic E-state index is 12.1. The highest BCUT2D eigenvalue weighted by Gasteiger charge is 2.14. The van der Waals surface area contributed by atoms with Gasteiger partial charge in [0.05, 0.1) is 4.88 Å². The Labute approximate surface area is 130 Å². The number of hydrogen-bond donors (Lipinski definition) is 2. The summed E-state index contributed by atoms with van der Waals surface area (Å²) in [5, 5.41) is 14.1. The number of nitrogens with zero attached hydrogens (tertiary/aromatic N) is 2. The molecule has 22 heavy (non-hydrogen) atoms. The van der Waals surface area contributed by atoms with Crippen molar-refractivity contribution in [2.45, 2.75) is 6.92 Å². The Morgan fingerprint density at radius 1 is 1.32 bits per heavy atom. The number of aryl methyl sites for hydroxylation is 1. The lowest BCUT2D eigenvalue weighted by atomic mass is 10.2. The maximum Gasteiger partial charge on any atom is 0.270 e. The molecule has 5 nitrogen and oxygen atoms in total. The number of benzene rings is 1. The van der Waals surface area contributed by atoms with Crippen LogP contribution in [0, 0.1) is 18.3 Å². The van der Waals surface area contributed by atoms with Gasteiger partial charge in [-0.25, -0.2) is 4.98 Å². The van der Waals surface area contributed by atoms with E-state index >= 15 is 0 Å². The van der Waals surface area contributed by atoms with Crippen LogP contribution >= 0.6 is 11.3 Å². The van der Waals surface area contributed by atoms with E-state index in [-0.39, 0.29) is 5.56 Å². The number of H-pyrrole nitrogens is 1. The normalized spacial score (nSPS) is 10.2. The first kappa shape index (κ1) is 14.0. The zero-order valence-electron chi connectivity index (χ0n) is 11.8. The second-order valence-electron chi connectivity index (χ2n) is 4.72. The van der Waals surface area contributed by atoms with Gasteiger partial charge in [0, 0.05) is 5.69 Å². The zero-order valence-corrected chi connectivity index (χ0v) is 12.6. The molecule has 0 atom stereocenters. The van der Waals surface area contributed by atoms with Crippen LogP contribution in [0.15, 0.2) is 46.6 Å².